The Morgan fingerprint density at radius 2 is 1.72 bits per heavy atom. The van der Waals surface area contributed by atoms with Gasteiger partial charge in [0, 0.05) is 18.2 Å². The molecule has 2 atom stereocenters. The fourth-order valence-electron chi connectivity index (χ4n) is 3.40. The molecule has 1 aliphatic rings. The van der Waals surface area contributed by atoms with Gasteiger partial charge in [-0.15, -0.1) is 0 Å². The van der Waals surface area contributed by atoms with E-state index in [4.69, 9.17) is 15.2 Å². The molecule has 0 bridgehead atoms. The molecule has 7 nitrogen and oxygen atoms in total. The van der Waals surface area contributed by atoms with Gasteiger partial charge in [0.15, 0.2) is 11.5 Å². The minimum atomic E-state index is -0.601. The van der Waals surface area contributed by atoms with Crippen molar-refractivity contribution in [1.29, 1.82) is 0 Å². The minimum Gasteiger partial charge on any atom is -0.493 e. The highest BCUT2D eigenvalue weighted by Crippen LogP contribution is 2.33. The van der Waals surface area contributed by atoms with Gasteiger partial charge in [-0.1, -0.05) is 0 Å². The van der Waals surface area contributed by atoms with Crippen molar-refractivity contribution in [2.24, 2.45) is 5.73 Å². The Morgan fingerprint density at radius 3 is 2.24 bits per heavy atom. The highest BCUT2D eigenvalue weighted by Gasteiger charge is 2.28. The summed E-state index contributed by atoms with van der Waals surface area (Å²) in [6.45, 7) is 4.22. The quantitative estimate of drug-likeness (QED) is 0.819. The second-order valence-corrected chi connectivity index (χ2v) is 6.40. The van der Waals surface area contributed by atoms with Crippen LogP contribution in [-0.2, 0) is 4.79 Å². The fraction of sp³-hybridized carbons (Fsp3) is 0.556. The zero-order valence-corrected chi connectivity index (χ0v) is 15.3. The molecule has 0 aliphatic carbocycles. The largest absolute Gasteiger partial charge is 0.493 e. The van der Waals surface area contributed by atoms with Crippen molar-refractivity contribution in [2.45, 2.75) is 45.2 Å². The number of nitrogens with zero attached hydrogens (tertiary/aromatic N) is 1. The topological polar surface area (TPSA) is 93.9 Å². The third kappa shape index (κ3) is 4.15. The van der Waals surface area contributed by atoms with Gasteiger partial charge >= 0.3 is 0 Å². The molecule has 3 N–H and O–H groups in total. The molecule has 2 amide bonds. The Balaban J connectivity index is 2.18. The summed E-state index contributed by atoms with van der Waals surface area (Å²) < 4.78 is 10.5. The van der Waals surface area contributed by atoms with Crippen LogP contribution in [0, 0.1) is 0 Å². The van der Waals surface area contributed by atoms with E-state index in [0.717, 1.165) is 19.3 Å². The lowest BCUT2D eigenvalue weighted by atomic mass is 9.97. The summed E-state index contributed by atoms with van der Waals surface area (Å²) in [7, 11) is 2.99. The number of anilines is 1. The van der Waals surface area contributed by atoms with Crippen LogP contribution < -0.4 is 20.5 Å². The number of nitrogens with two attached hydrogens (primary N) is 1. The Kier molecular flexibility index (Phi) is 6.12. The first-order chi connectivity index (χ1) is 11.9. The number of carbonyl (C=O) groups excluding carboxylic acids is 2. The fourth-order valence-corrected chi connectivity index (χ4v) is 3.40. The van der Waals surface area contributed by atoms with Crippen molar-refractivity contribution in [3.05, 3.63) is 17.7 Å². The standard InChI is InChI=1S/C18H27N3O4/c1-11-6-5-7-12(2)21(11)17(22)10-20-14-9-16(25-4)15(24-3)8-13(14)18(19)23/h8-9,11-12,20H,5-7,10H2,1-4H3,(H2,19,23)/t11-,12-/m0/s1. The second-order valence-electron chi connectivity index (χ2n) is 6.40. The van der Waals surface area contributed by atoms with Crippen LogP contribution in [0.5, 0.6) is 11.5 Å². The molecule has 1 fully saturated rings. The predicted molar refractivity (Wildman–Crippen MR) is 96.2 cm³/mol. The van der Waals surface area contributed by atoms with Gasteiger partial charge in [-0.05, 0) is 39.2 Å². The smallest absolute Gasteiger partial charge is 0.250 e. The van der Waals surface area contributed by atoms with Crippen LogP contribution in [0.15, 0.2) is 12.1 Å². The molecule has 1 aromatic rings. The molecular weight excluding hydrogens is 322 g/mol. The van der Waals surface area contributed by atoms with Crippen molar-refractivity contribution in [3.63, 3.8) is 0 Å². The minimum absolute atomic E-state index is 0.00454. The van der Waals surface area contributed by atoms with Crippen molar-refractivity contribution < 1.29 is 19.1 Å². The van der Waals surface area contributed by atoms with E-state index in [-0.39, 0.29) is 30.1 Å². The van der Waals surface area contributed by atoms with Crippen LogP contribution in [0.2, 0.25) is 0 Å². The summed E-state index contributed by atoms with van der Waals surface area (Å²) >= 11 is 0. The number of likely N-dealkylation sites (tertiary alicyclic amines) is 1. The lowest BCUT2D eigenvalue weighted by molar-refractivity contribution is -0.135. The molecule has 0 unspecified atom stereocenters. The zero-order chi connectivity index (χ0) is 18.6. The molecule has 1 aliphatic heterocycles. The van der Waals surface area contributed by atoms with Crippen molar-refractivity contribution in [3.8, 4) is 11.5 Å². The summed E-state index contributed by atoms with van der Waals surface area (Å²) in [6, 6.07) is 3.58. The van der Waals surface area contributed by atoms with Crippen molar-refractivity contribution in [2.75, 3.05) is 26.1 Å². The lowest BCUT2D eigenvalue weighted by Gasteiger charge is -2.39. The molecule has 0 spiro atoms. The van der Waals surface area contributed by atoms with Crippen LogP contribution in [0.4, 0.5) is 5.69 Å². The number of ether oxygens (including phenoxy) is 2. The average molecular weight is 349 g/mol. The molecule has 0 saturated carbocycles. The van der Waals surface area contributed by atoms with Gasteiger partial charge in [0.05, 0.1) is 32.0 Å². The number of hydrogen-bond donors (Lipinski definition) is 2. The highest BCUT2D eigenvalue weighted by atomic mass is 16.5. The summed E-state index contributed by atoms with van der Waals surface area (Å²) in [4.78, 5) is 26.3. The maximum atomic E-state index is 12.6. The molecule has 0 aromatic heterocycles. The number of benzene rings is 1. The third-order valence-corrected chi connectivity index (χ3v) is 4.70. The van der Waals surface area contributed by atoms with Crippen molar-refractivity contribution in [1.82, 2.24) is 4.90 Å². The van der Waals surface area contributed by atoms with E-state index in [2.05, 4.69) is 19.2 Å². The van der Waals surface area contributed by atoms with Gasteiger partial charge in [0.25, 0.3) is 5.91 Å². The Bertz CT molecular complexity index is 637. The number of hydrogen-bond acceptors (Lipinski definition) is 5. The molecule has 7 heteroatoms. The van der Waals surface area contributed by atoms with E-state index in [1.807, 2.05) is 4.90 Å². The van der Waals surface area contributed by atoms with Gasteiger partial charge in [0.1, 0.15) is 0 Å². The number of piperidine rings is 1. The molecule has 1 heterocycles. The number of methoxy groups -OCH3 is 2. The molecule has 0 radical (unpaired) electrons. The van der Waals surface area contributed by atoms with Gasteiger partial charge in [-0.25, -0.2) is 0 Å². The van der Waals surface area contributed by atoms with Crippen LogP contribution in [0.3, 0.4) is 0 Å². The van der Waals surface area contributed by atoms with Gasteiger partial charge in [-0.3, -0.25) is 9.59 Å². The number of rotatable bonds is 6. The molecule has 1 saturated heterocycles. The van der Waals surface area contributed by atoms with E-state index in [9.17, 15) is 9.59 Å². The number of carbonyl (C=O) groups is 2. The van der Waals surface area contributed by atoms with Crippen LogP contribution in [-0.4, -0.2) is 49.6 Å². The first-order valence-corrected chi connectivity index (χ1v) is 8.49. The van der Waals surface area contributed by atoms with Gasteiger partial charge in [-0.2, -0.15) is 0 Å². The monoisotopic (exact) mass is 349 g/mol. The zero-order valence-electron chi connectivity index (χ0n) is 15.3. The molecule has 2 rings (SSSR count). The van der Waals surface area contributed by atoms with E-state index >= 15 is 0 Å². The van der Waals surface area contributed by atoms with Crippen LogP contribution in [0.1, 0.15) is 43.5 Å². The Hall–Kier alpha value is -2.44. The van der Waals surface area contributed by atoms with Gasteiger partial charge in [0.2, 0.25) is 5.91 Å². The molecule has 25 heavy (non-hydrogen) atoms. The second kappa shape index (κ2) is 8.09. The average Bonchev–Trinajstić information content (AvgIpc) is 2.58. The Morgan fingerprint density at radius 1 is 1.16 bits per heavy atom. The predicted octanol–water partition coefficient (Wildman–Crippen LogP) is 2.00. The summed E-state index contributed by atoms with van der Waals surface area (Å²) in [5.41, 5.74) is 6.16. The van der Waals surface area contributed by atoms with E-state index in [1.165, 1.54) is 20.3 Å². The summed E-state index contributed by atoms with van der Waals surface area (Å²) in [6.07, 6.45) is 3.17. The van der Waals surface area contributed by atoms with Crippen LogP contribution in [0.25, 0.3) is 0 Å². The summed E-state index contributed by atoms with van der Waals surface area (Å²) in [5.74, 6) is 0.272. The molecule has 1 aromatic carbocycles. The van der Waals surface area contributed by atoms with Crippen LogP contribution >= 0.6 is 0 Å². The normalized spacial score (nSPS) is 20.1. The third-order valence-electron chi connectivity index (χ3n) is 4.70. The number of nitrogens with one attached hydrogen (secondary N) is 1. The Labute approximate surface area is 148 Å². The first kappa shape index (κ1) is 18.9. The lowest BCUT2D eigenvalue weighted by Crippen LogP contribution is -2.49. The molecule has 138 valence electrons. The highest BCUT2D eigenvalue weighted by molar-refractivity contribution is 6.00. The maximum Gasteiger partial charge on any atom is 0.250 e. The summed E-state index contributed by atoms with van der Waals surface area (Å²) in [5, 5.41) is 3.03. The van der Waals surface area contributed by atoms with E-state index in [0.29, 0.717) is 17.2 Å². The number of primary amides is 1. The molecular formula is C18H27N3O4. The van der Waals surface area contributed by atoms with E-state index < -0.39 is 5.91 Å². The van der Waals surface area contributed by atoms with Crippen molar-refractivity contribution >= 4 is 17.5 Å². The van der Waals surface area contributed by atoms with Gasteiger partial charge < -0.3 is 25.4 Å². The maximum absolute atomic E-state index is 12.6. The number of amides is 2. The van der Waals surface area contributed by atoms with E-state index in [1.54, 1.807) is 6.07 Å². The SMILES string of the molecule is COc1cc(NCC(=O)N2[C@@H](C)CCC[C@@H]2C)c(C(N)=O)cc1OC. The first-order valence-electron chi connectivity index (χ1n) is 8.49.